The lowest BCUT2D eigenvalue weighted by atomic mass is 10.2. The minimum absolute atomic E-state index is 0.618. The largest absolute Gasteiger partial charge is 0.497 e. The summed E-state index contributed by atoms with van der Waals surface area (Å²) in [6, 6.07) is 16.4. The predicted molar refractivity (Wildman–Crippen MR) is 64.2 cm³/mol. The molecule has 0 heterocycles. The Hall–Kier alpha value is -2.47. The van der Waals surface area contributed by atoms with Crippen molar-refractivity contribution in [2.45, 2.75) is 0 Å². The number of hydrogen-bond donors (Lipinski definition) is 0. The minimum Gasteiger partial charge on any atom is -0.497 e. The molecule has 0 N–H and O–H groups in total. The summed E-state index contributed by atoms with van der Waals surface area (Å²) in [6.45, 7) is 0. The maximum Gasteiger partial charge on any atom is 0.127 e. The highest BCUT2D eigenvalue weighted by atomic mass is 16.5. The number of nitriles is 1. The second kappa shape index (κ2) is 5.04. The van der Waals surface area contributed by atoms with Gasteiger partial charge in [0.2, 0.25) is 0 Å². The number of hydrogen-bond acceptors (Lipinski definition) is 3. The smallest absolute Gasteiger partial charge is 0.127 e. The van der Waals surface area contributed by atoms with Crippen LogP contribution in [0.5, 0.6) is 17.2 Å². The first-order valence-electron chi connectivity index (χ1n) is 5.14. The van der Waals surface area contributed by atoms with Crippen LogP contribution in [0, 0.1) is 11.3 Å². The van der Waals surface area contributed by atoms with Gasteiger partial charge < -0.3 is 9.47 Å². The highest BCUT2D eigenvalue weighted by Crippen LogP contribution is 2.23. The van der Waals surface area contributed by atoms with E-state index in [0.29, 0.717) is 11.3 Å². The van der Waals surface area contributed by atoms with Gasteiger partial charge in [0.1, 0.15) is 17.2 Å². The molecule has 0 radical (unpaired) electrons. The zero-order chi connectivity index (χ0) is 12.1. The summed E-state index contributed by atoms with van der Waals surface area (Å²) in [7, 11) is 1.62. The van der Waals surface area contributed by atoms with Gasteiger partial charge >= 0.3 is 0 Å². The maximum absolute atomic E-state index is 8.67. The van der Waals surface area contributed by atoms with Crippen molar-refractivity contribution >= 4 is 0 Å². The number of ether oxygens (including phenoxy) is 2. The lowest BCUT2D eigenvalue weighted by Gasteiger charge is -2.06. The molecule has 3 heteroatoms. The Kier molecular flexibility index (Phi) is 3.27. The van der Waals surface area contributed by atoms with E-state index in [0.717, 1.165) is 11.5 Å². The molecule has 0 aromatic heterocycles. The summed E-state index contributed by atoms with van der Waals surface area (Å²) >= 11 is 0. The van der Waals surface area contributed by atoms with E-state index in [1.807, 2.05) is 24.3 Å². The summed E-state index contributed by atoms with van der Waals surface area (Å²) in [5.74, 6) is 2.22. The van der Waals surface area contributed by atoms with Crippen LogP contribution in [-0.2, 0) is 0 Å². The Labute approximate surface area is 99.8 Å². The first kappa shape index (κ1) is 11.0. The van der Waals surface area contributed by atoms with Crippen molar-refractivity contribution in [3.8, 4) is 23.3 Å². The fourth-order valence-electron chi connectivity index (χ4n) is 1.38. The Morgan fingerprint density at radius 3 is 1.76 bits per heavy atom. The predicted octanol–water partition coefficient (Wildman–Crippen LogP) is 3.36. The van der Waals surface area contributed by atoms with Gasteiger partial charge in [-0.3, -0.25) is 0 Å². The van der Waals surface area contributed by atoms with Gasteiger partial charge in [0, 0.05) is 0 Å². The van der Waals surface area contributed by atoms with Gasteiger partial charge in [0.25, 0.3) is 0 Å². The summed E-state index contributed by atoms with van der Waals surface area (Å²) in [5.41, 5.74) is 0.618. The lowest BCUT2D eigenvalue weighted by Crippen LogP contribution is -1.85. The average Bonchev–Trinajstić information content (AvgIpc) is 2.40. The fourth-order valence-corrected chi connectivity index (χ4v) is 1.38. The van der Waals surface area contributed by atoms with Crippen LogP contribution in [0.25, 0.3) is 0 Å². The Morgan fingerprint density at radius 1 is 0.824 bits per heavy atom. The molecular formula is C14H11NO2. The van der Waals surface area contributed by atoms with E-state index >= 15 is 0 Å². The molecule has 0 spiro atoms. The van der Waals surface area contributed by atoms with Crippen molar-refractivity contribution < 1.29 is 9.47 Å². The average molecular weight is 225 g/mol. The van der Waals surface area contributed by atoms with Gasteiger partial charge in [-0.25, -0.2) is 0 Å². The highest BCUT2D eigenvalue weighted by molar-refractivity contribution is 5.38. The molecule has 0 atom stereocenters. The normalized spacial score (nSPS) is 9.41. The van der Waals surface area contributed by atoms with Crippen molar-refractivity contribution in [2.75, 3.05) is 7.11 Å². The third-order valence-electron chi connectivity index (χ3n) is 2.28. The van der Waals surface area contributed by atoms with Crippen LogP contribution in [-0.4, -0.2) is 7.11 Å². The second-order valence-electron chi connectivity index (χ2n) is 3.41. The number of methoxy groups -OCH3 is 1. The molecule has 2 rings (SSSR count). The second-order valence-corrected chi connectivity index (χ2v) is 3.41. The molecule has 0 bridgehead atoms. The molecule has 0 aliphatic carbocycles. The minimum atomic E-state index is 0.618. The van der Waals surface area contributed by atoms with Gasteiger partial charge in [-0.1, -0.05) is 0 Å². The van der Waals surface area contributed by atoms with Crippen LogP contribution in [0.3, 0.4) is 0 Å². The van der Waals surface area contributed by atoms with Gasteiger partial charge in [-0.15, -0.1) is 0 Å². The topological polar surface area (TPSA) is 42.2 Å². The Balaban J connectivity index is 2.11. The van der Waals surface area contributed by atoms with Gasteiger partial charge in [-0.05, 0) is 48.5 Å². The third kappa shape index (κ3) is 2.76. The molecule has 0 fully saturated rings. The van der Waals surface area contributed by atoms with Crippen LogP contribution in [0.4, 0.5) is 0 Å². The monoisotopic (exact) mass is 225 g/mol. The Bertz CT molecular complexity index is 524. The lowest BCUT2D eigenvalue weighted by molar-refractivity contribution is 0.413. The summed E-state index contributed by atoms with van der Waals surface area (Å²) in [5, 5.41) is 8.67. The molecule has 0 saturated heterocycles. The van der Waals surface area contributed by atoms with E-state index in [-0.39, 0.29) is 0 Å². The first-order valence-corrected chi connectivity index (χ1v) is 5.14. The molecule has 0 saturated carbocycles. The van der Waals surface area contributed by atoms with E-state index in [9.17, 15) is 0 Å². The zero-order valence-corrected chi connectivity index (χ0v) is 9.38. The van der Waals surface area contributed by atoms with E-state index in [1.54, 1.807) is 31.4 Å². The van der Waals surface area contributed by atoms with Crippen molar-refractivity contribution in [3.63, 3.8) is 0 Å². The summed E-state index contributed by atoms with van der Waals surface area (Å²) in [6.07, 6.45) is 0. The third-order valence-corrected chi connectivity index (χ3v) is 2.28. The van der Waals surface area contributed by atoms with E-state index in [2.05, 4.69) is 6.07 Å². The number of benzene rings is 2. The SMILES string of the molecule is COc1ccc(Oc2ccc(C#N)cc2)cc1. The molecule has 0 aliphatic rings. The molecular weight excluding hydrogens is 214 g/mol. The highest BCUT2D eigenvalue weighted by Gasteiger charge is 1.98. The number of nitrogens with zero attached hydrogens (tertiary/aromatic N) is 1. The standard InChI is InChI=1S/C14H11NO2/c1-16-12-6-8-14(9-7-12)17-13-4-2-11(10-15)3-5-13/h2-9H,1H3. The Morgan fingerprint density at radius 2 is 1.29 bits per heavy atom. The summed E-state index contributed by atoms with van der Waals surface area (Å²) < 4.78 is 10.7. The van der Waals surface area contributed by atoms with Crippen LogP contribution in [0.15, 0.2) is 48.5 Å². The van der Waals surface area contributed by atoms with Crippen LogP contribution in [0.2, 0.25) is 0 Å². The molecule has 3 nitrogen and oxygen atoms in total. The molecule has 0 amide bonds. The van der Waals surface area contributed by atoms with Crippen molar-refractivity contribution in [1.82, 2.24) is 0 Å². The number of rotatable bonds is 3. The van der Waals surface area contributed by atoms with E-state index in [1.165, 1.54) is 0 Å². The molecule has 0 aliphatic heterocycles. The van der Waals surface area contributed by atoms with Crippen LogP contribution < -0.4 is 9.47 Å². The van der Waals surface area contributed by atoms with E-state index < -0.39 is 0 Å². The van der Waals surface area contributed by atoms with Crippen molar-refractivity contribution in [2.24, 2.45) is 0 Å². The molecule has 2 aromatic carbocycles. The fraction of sp³-hybridized carbons (Fsp3) is 0.0714. The molecule has 0 unspecified atom stereocenters. The zero-order valence-electron chi connectivity index (χ0n) is 9.38. The van der Waals surface area contributed by atoms with E-state index in [4.69, 9.17) is 14.7 Å². The van der Waals surface area contributed by atoms with Crippen molar-refractivity contribution in [3.05, 3.63) is 54.1 Å². The molecule has 84 valence electrons. The van der Waals surface area contributed by atoms with Gasteiger partial charge in [-0.2, -0.15) is 5.26 Å². The first-order chi connectivity index (χ1) is 8.31. The quantitative estimate of drug-likeness (QED) is 0.804. The summed E-state index contributed by atoms with van der Waals surface area (Å²) in [4.78, 5) is 0. The molecule has 2 aromatic rings. The van der Waals surface area contributed by atoms with Crippen LogP contribution in [0.1, 0.15) is 5.56 Å². The van der Waals surface area contributed by atoms with Crippen LogP contribution >= 0.6 is 0 Å². The van der Waals surface area contributed by atoms with Gasteiger partial charge in [0.15, 0.2) is 0 Å². The molecule has 17 heavy (non-hydrogen) atoms. The van der Waals surface area contributed by atoms with Crippen molar-refractivity contribution in [1.29, 1.82) is 5.26 Å². The van der Waals surface area contributed by atoms with Gasteiger partial charge in [0.05, 0.1) is 18.7 Å². The maximum atomic E-state index is 8.67.